The van der Waals surface area contributed by atoms with E-state index in [-0.39, 0.29) is 29.5 Å². The molecule has 1 aromatic heterocycles. The maximum Gasteiger partial charge on any atom is 0.226 e. The molecule has 2 atom stereocenters. The fourth-order valence-electron chi connectivity index (χ4n) is 3.86. The Balaban J connectivity index is 1.35. The number of amides is 1. The van der Waals surface area contributed by atoms with Crippen molar-refractivity contribution in [2.24, 2.45) is 18.9 Å². The molecule has 5 nitrogen and oxygen atoms in total. The average Bonchev–Trinajstić information content (AvgIpc) is 2.89. The molecule has 1 saturated heterocycles. The van der Waals surface area contributed by atoms with Gasteiger partial charge in [-0.25, -0.2) is 4.39 Å². The van der Waals surface area contributed by atoms with Crippen LogP contribution in [0.4, 0.5) is 4.39 Å². The summed E-state index contributed by atoms with van der Waals surface area (Å²) in [6.45, 7) is 1.34. The molecule has 2 heterocycles. The molecule has 2 fully saturated rings. The zero-order valence-electron chi connectivity index (χ0n) is 14.0. The summed E-state index contributed by atoms with van der Waals surface area (Å²) in [7, 11) is 1.91. The van der Waals surface area contributed by atoms with E-state index in [0.29, 0.717) is 30.1 Å². The third-order valence-corrected chi connectivity index (χ3v) is 5.85. The van der Waals surface area contributed by atoms with Crippen molar-refractivity contribution >= 4 is 17.5 Å². The van der Waals surface area contributed by atoms with Gasteiger partial charge in [-0.05, 0) is 37.3 Å². The van der Waals surface area contributed by atoms with Crippen molar-refractivity contribution in [2.45, 2.75) is 25.2 Å². The van der Waals surface area contributed by atoms with Crippen molar-refractivity contribution in [2.75, 3.05) is 13.1 Å². The molecular formula is C18H20ClFN4O. The van der Waals surface area contributed by atoms with Gasteiger partial charge < -0.3 is 9.47 Å². The van der Waals surface area contributed by atoms with Crippen LogP contribution in [0, 0.1) is 17.7 Å². The second kappa shape index (κ2) is 6.41. The number of rotatable bonds is 4. The van der Waals surface area contributed by atoms with Gasteiger partial charge in [0.25, 0.3) is 0 Å². The van der Waals surface area contributed by atoms with Crippen LogP contribution in [0.15, 0.2) is 24.5 Å². The van der Waals surface area contributed by atoms with Gasteiger partial charge in [0, 0.05) is 42.6 Å². The van der Waals surface area contributed by atoms with Crippen LogP contribution >= 0.6 is 11.6 Å². The number of benzene rings is 1. The Bertz CT molecular complexity index is 782. The maximum absolute atomic E-state index is 13.9. The lowest BCUT2D eigenvalue weighted by atomic mass is 9.71. The second-order valence-electron chi connectivity index (χ2n) is 7.10. The molecule has 1 amide bonds. The van der Waals surface area contributed by atoms with E-state index < -0.39 is 0 Å². The third-order valence-electron chi connectivity index (χ3n) is 5.49. The third kappa shape index (κ3) is 2.92. The van der Waals surface area contributed by atoms with E-state index in [1.165, 1.54) is 6.07 Å². The first-order valence-corrected chi connectivity index (χ1v) is 8.98. The lowest BCUT2D eigenvalue weighted by Gasteiger charge is -2.45. The largest absolute Gasteiger partial charge is 0.342 e. The fourth-order valence-corrected chi connectivity index (χ4v) is 4.10. The van der Waals surface area contributed by atoms with Crippen LogP contribution in [0.3, 0.4) is 0 Å². The number of aromatic nitrogens is 3. The van der Waals surface area contributed by atoms with E-state index in [0.717, 1.165) is 18.7 Å². The number of carbonyl (C=O) groups is 1. The summed E-state index contributed by atoms with van der Waals surface area (Å²) in [5.41, 5.74) is 0.557. The molecule has 0 N–H and O–H groups in total. The number of likely N-dealkylation sites (tertiary alicyclic amines) is 1. The minimum atomic E-state index is -0.265. The van der Waals surface area contributed by atoms with Crippen LogP contribution in [-0.2, 0) is 18.3 Å². The Kier molecular flexibility index (Phi) is 4.23. The van der Waals surface area contributed by atoms with Gasteiger partial charge in [-0.15, -0.1) is 10.2 Å². The smallest absolute Gasteiger partial charge is 0.226 e. The maximum atomic E-state index is 13.9. The van der Waals surface area contributed by atoms with Gasteiger partial charge in [-0.2, -0.15) is 0 Å². The quantitative estimate of drug-likeness (QED) is 0.840. The number of aryl methyl sites for hydroxylation is 1. The molecule has 2 aliphatic rings. The standard InChI is InChI=1S/C18H20ClFN4O/c1-23-10-21-22-17(23)12-5-6-13(12)18(25)24-8-11(9-24)7-14-15(19)3-2-4-16(14)20/h2-4,10-13H,5-9H2,1H3/t12-,13+/m1/s1. The molecule has 132 valence electrons. The van der Waals surface area contributed by atoms with Gasteiger partial charge in [0.15, 0.2) is 0 Å². The van der Waals surface area contributed by atoms with Gasteiger partial charge in [0.1, 0.15) is 18.0 Å². The number of halogens is 2. The number of nitrogens with zero attached hydrogens (tertiary/aromatic N) is 4. The number of hydrogen-bond donors (Lipinski definition) is 0. The molecule has 7 heteroatoms. The van der Waals surface area contributed by atoms with Crippen molar-refractivity contribution in [1.29, 1.82) is 0 Å². The molecular weight excluding hydrogens is 343 g/mol. The van der Waals surface area contributed by atoms with Crippen molar-refractivity contribution in [3.05, 3.63) is 46.8 Å². The average molecular weight is 363 g/mol. The van der Waals surface area contributed by atoms with Crippen molar-refractivity contribution in [1.82, 2.24) is 19.7 Å². The van der Waals surface area contributed by atoms with Crippen LogP contribution in [0.25, 0.3) is 0 Å². The van der Waals surface area contributed by atoms with Crippen molar-refractivity contribution < 1.29 is 9.18 Å². The summed E-state index contributed by atoms with van der Waals surface area (Å²) in [5, 5.41) is 8.53. The molecule has 0 bridgehead atoms. The van der Waals surface area contributed by atoms with Crippen molar-refractivity contribution in [3.63, 3.8) is 0 Å². The molecule has 2 aromatic rings. The van der Waals surface area contributed by atoms with E-state index in [9.17, 15) is 9.18 Å². The molecule has 25 heavy (non-hydrogen) atoms. The normalized spacial score (nSPS) is 23.2. The highest BCUT2D eigenvalue weighted by atomic mass is 35.5. The summed E-state index contributed by atoms with van der Waals surface area (Å²) in [5.74, 6) is 1.25. The van der Waals surface area contributed by atoms with E-state index in [2.05, 4.69) is 10.2 Å². The lowest BCUT2D eigenvalue weighted by Crippen LogP contribution is -2.55. The molecule has 0 unspecified atom stereocenters. The summed E-state index contributed by atoms with van der Waals surface area (Å²) in [4.78, 5) is 14.6. The summed E-state index contributed by atoms with van der Waals surface area (Å²) >= 11 is 6.09. The van der Waals surface area contributed by atoms with Crippen LogP contribution in [-0.4, -0.2) is 38.7 Å². The minimum Gasteiger partial charge on any atom is -0.342 e. The zero-order valence-corrected chi connectivity index (χ0v) is 14.8. The highest BCUT2D eigenvalue weighted by Crippen LogP contribution is 2.43. The molecule has 0 radical (unpaired) electrons. The van der Waals surface area contributed by atoms with Crippen LogP contribution < -0.4 is 0 Å². The van der Waals surface area contributed by atoms with Crippen molar-refractivity contribution in [3.8, 4) is 0 Å². The van der Waals surface area contributed by atoms with Crippen LogP contribution in [0.2, 0.25) is 5.02 Å². The fraction of sp³-hybridized carbons (Fsp3) is 0.500. The molecule has 1 saturated carbocycles. The second-order valence-corrected chi connectivity index (χ2v) is 7.51. The molecule has 4 rings (SSSR count). The molecule has 1 aliphatic heterocycles. The van der Waals surface area contributed by atoms with Gasteiger partial charge in [0.05, 0.1) is 0 Å². The summed E-state index contributed by atoms with van der Waals surface area (Å²) in [6.07, 6.45) is 4.13. The van der Waals surface area contributed by atoms with Crippen LogP contribution in [0.1, 0.15) is 30.1 Å². The lowest BCUT2D eigenvalue weighted by molar-refractivity contribution is -0.146. The molecule has 1 aromatic carbocycles. The SMILES string of the molecule is Cn1cnnc1[C@@H]1CC[C@@H]1C(=O)N1CC(Cc2c(F)cccc2Cl)C1. The van der Waals surface area contributed by atoms with E-state index in [4.69, 9.17) is 11.6 Å². The Morgan fingerprint density at radius 2 is 2.16 bits per heavy atom. The Morgan fingerprint density at radius 1 is 1.36 bits per heavy atom. The minimum absolute atomic E-state index is 0.000833. The van der Waals surface area contributed by atoms with Gasteiger partial charge in [0.2, 0.25) is 5.91 Å². The Labute approximate surface area is 150 Å². The first-order chi connectivity index (χ1) is 12.0. The summed E-state index contributed by atoms with van der Waals surface area (Å²) < 4.78 is 15.8. The number of hydrogen-bond acceptors (Lipinski definition) is 3. The molecule has 0 spiro atoms. The number of carbonyl (C=O) groups excluding carboxylic acids is 1. The highest BCUT2D eigenvalue weighted by Gasteiger charge is 2.44. The monoisotopic (exact) mass is 362 g/mol. The Morgan fingerprint density at radius 3 is 2.76 bits per heavy atom. The van der Waals surface area contributed by atoms with E-state index >= 15 is 0 Å². The summed E-state index contributed by atoms with van der Waals surface area (Å²) in [6, 6.07) is 4.76. The molecule has 1 aliphatic carbocycles. The van der Waals surface area contributed by atoms with Crippen LogP contribution in [0.5, 0.6) is 0 Å². The first kappa shape index (κ1) is 16.5. The topological polar surface area (TPSA) is 51.0 Å². The predicted octanol–water partition coefficient (Wildman–Crippen LogP) is 2.80. The highest BCUT2D eigenvalue weighted by molar-refractivity contribution is 6.31. The van der Waals surface area contributed by atoms with Gasteiger partial charge in [-0.3, -0.25) is 4.79 Å². The van der Waals surface area contributed by atoms with E-state index in [1.54, 1.807) is 18.5 Å². The van der Waals surface area contributed by atoms with E-state index in [1.807, 2.05) is 16.5 Å². The predicted molar refractivity (Wildman–Crippen MR) is 91.7 cm³/mol. The first-order valence-electron chi connectivity index (χ1n) is 8.60. The van der Waals surface area contributed by atoms with Gasteiger partial charge in [-0.1, -0.05) is 17.7 Å². The Hall–Kier alpha value is -1.95. The van der Waals surface area contributed by atoms with Gasteiger partial charge >= 0.3 is 0 Å². The zero-order chi connectivity index (χ0) is 17.6.